The summed E-state index contributed by atoms with van der Waals surface area (Å²) in [5, 5.41) is 3.79. The highest BCUT2D eigenvalue weighted by molar-refractivity contribution is 6.30. The Hall–Kier alpha value is -2.37. The van der Waals surface area contributed by atoms with Crippen molar-refractivity contribution in [3.63, 3.8) is 0 Å². The van der Waals surface area contributed by atoms with E-state index in [4.69, 9.17) is 21.3 Å². The molecule has 2 N–H and O–H groups in total. The number of nitrogens with one attached hydrogen (secondary N) is 2. The van der Waals surface area contributed by atoms with Gasteiger partial charge in [0.25, 0.3) is 0 Å². The Kier molecular flexibility index (Phi) is 4.80. The minimum absolute atomic E-state index is 0.0128. The summed E-state index contributed by atoms with van der Waals surface area (Å²) in [6, 6.07) is 13.5. The number of carbonyl (C=O) groups excluding carboxylic acids is 1. The average molecular weight is 410 g/mol. The van der Waals surface area contributed by atoms with Crippen LogP contribution in [0.2, 0.25) is 5.02 Å². The summed E-state index contributed by atoms with van der Waals surface area (Å²) in [5.74, 6) is 1.60. The molecule has 1 aliphatic heterocycles. The molecule has 1 aliphatic carbocycles. The molecular weight excluding hydrogens is 386 g/mol. The molecule has 2 fully saturated rings. The van der Waals surface area contributed by atoms with E-state index in [0.29, 0.717) is 37.0 Å². The van der Waals surface area contributed by atoms with Crippen LogP contribution in [0.1, 0.15) is 49.4 Å². The molecule has 2 aliphatic rings. The summed E-state index contributed by atoms with van der Waals surface area (Å²) in [6.07, 6.45) is 4.95. The van der Waals surface area contributed by atoms with Crippen LogP contribution in [0, 0.1) is 0 Å². The Bertz CT molecular complexity index is 1050. The first kappa shape index (κ1) is 18.6. The number of imidazole rings is 1. The van der Waals surface area contributed by atoms with Gasteiger partial charge in [-0.15, -0.1) is 0 Å². The van der Waals surface area contributed by atoms with Crippen LogP contribution < -0.4 is 5.32 Å². The fourth-order valence-corrected chi connectivity index (χ4v) is 4.58. The first-order valence-electron chi connectivity index (χ1n) is 10.3. The minimum atomic E-state index is -0.636. The van der Waals surface area contributed by atoms with Crippen LogP contribution in [-0.2, 0) is 14.9 Å². The fraction of sp³-hybridized carbons (Fsp3) is 0.391. The molecule has 6 heteroatoms. The molecule has 0 bridgehead atoms. The largest absolute Gasteiger partial charge is 0.381 e. The van der Waals surface area contributed by atoms with Crippen LogP contribution in [0.4, 0.5) is 5.69 Å². The number of ether oxygens (including phenoxy) is 1. The van der Waals surface area contributed by atoms with Crippen LogP contribution in [-0.4, -0.2) is 29.1 Å². The van der Waals surface area contributed by atoms with Crippen LogP contribution in [0.5, 0.6) is 0 Å². The van der Waals surface area contributed by atoms with Crippen molar-refractivity contribution in [1.82, 2.24) is 9.97 Å². The number of H-pyrrole nitrogens is 1. The second kappa shape index (κ2) is 7.47. The molecular formula is C23H24ClN3O2. The highest BCUT2D eigenvalue weighted by Gasteiger charge is 2.42. The molecule has 0 spiro atoms. The number of fused-ring (bicyclic) bond motifs is 1. The molecule has 0 atom stereocenters. The lowest BCUT2D eigenvalue weighted by Crippen LogP contribution is -2.44. The van der Waals surface area contributed by atoms with Crippen LogP contribution in [0.3, 0.4) is 0 Å². The summed E-state index contributed by atoms with van der Waals surface area (Å²) in [5.41, 5.74) is 3.00. The lowest BCUT2D eigenvalue weighted by atomic mass is 9.73. The Morgan fingerprint density at radius 1 is 1.17 bits per heavy atom. The zero-order valence-electron chi connectivity index (χ0n) is 16.2. The van der Waals surface area contributed by atoms with Crippen molar-refractivity contribution in [1.29, 1.82) is 0 Å². The van der Waals surface area contributed by atoms with E-state index in [2.05, 4.69) is 10.3 Å². The van der Waals surface area contributed by atoms with Gasteiger partial charge in [0.05, 0.1) is 16.4 Å². The maximum atomic E-state index is 13.5. The Morgan fingerprint density at radius 2 is 2.00 bits per heavy atom. The topological polar surface area (TPSA) is 67.0 Å². The number of benzene rings is 2. The molecule has 2 aromatic carbocycles. The van der Waals surface area contributed by atoms with Gasteiger partial charge in [-0.25, -0.2) is 4.98 Å². The molecule has 150 valence electrons. The van der Waals surface area contributed by atoms with Crippen LogP contribution >= 0.6 is 11.6 Å². The smallest absolute Gasteiger partial charge is 0.235 e. The number of amides is 1. The van der Waals surface area contributed by atoms with Gasteiger partial charge >= 0.3 is 0 Å². The minimum Gasteiger partial charge on any atom is -0.381 e. The number of aromatic nitrogens is 2. The Balaban J connectivity index is 1.43. The van der Waals surface area contributed by atoms with Gasteiger partial charge < -0.3 is 15.0 Å². The van der Waals surface area contributed by atoms with Gasteiger partial charge in [0.1, 0.15) is 5.82 Å². The third-order valence-corrected chi connectivity index (χ3v) is 6.64. The average Bonchev–Trinajstić information content (AvgIpc) is 3.09. The number of hydrogen-bond donors (Lipinski definition) is 2. The van der Waals surface area contributed by atoms with E-state index in [1.54, 1.807) is 0 Å². The molecule has 5 nitrogen and oxygen atoms in total. The number of hydrogen-bond acceptors (Lipinski definition) is 3. The second-order valence-corrected chi connectivity index (χ2v) is 8.58. The number of halogens is 1. The van der Waals surface area contributed by atoms with E-state index in [-0.39, 0.29) is 5.91 Å². The molecule has 3 aromatic rings. The van der Waals surface area contributed by atoms with Crippen molar-refractivity contribution in [2.75, 3.05) is 18.5 Å². The molecule has 0 radical (unpaired) electrons. The number of aromatic amines is 1. The van der Waals surface area contributed by atoms with Gasteiger partial charge in [-0.05, 0) is 61.6 Å². The number of nitrogens with zero attached hydrogens (tertiary/aromatic N) is 1. The van der Waals surface area contributed by atoms with Crippen molar-refractivity contribution >= 4 is 34.2 Å². The molecule has 2 heterocycles. The maximum Gasteiger partial charge on any atom is 0.235 e. The Labute approximate surface area is 174 Å². The summed E-state index contributed by atoms with van der Waals surface area (Å²) in [6.45, 7) is 1.12. The SMILES string of the molecule is O=C(Nc1ccc2nc(C3CCC3)[nH]c2c1)C1(c2cccc(Cl)c2)CCOCC1. The van der Waals surface area contributed by atoms with Gasteiger partial charge in [-0.1, -0.05) is 30.2 Å². The van der Waals surface area contributed by atoms with Gasteiger partial charge in [-0.2, -0.15) is 0 Å². The quantitative estimate of drug-likeness (QED) is 0.624. The summed E-state index contributed by atoms with van der Waals surface area (Å²) < 4.78 is 5.55. The van der Waals surface area contributed by atoms with Gasteiger partial charge in [0.2, 0.25) is 5.91 Å². The number of carbonyl (C=O) groups is 1. The first-order valence-corrected chi connectivity index (χ1v) is 10.7. The molecule has 0 unspecified atom stereocenters. The number of anilines is 1. The molecule has 29 heavy (non-hydrogen) atoms. The monoisotopic (exact) mass is 409 g/mol. The van der Waals surface area contributed by atoms with Crippen molar-refractivity contribution in [2.45, 2.75) is 43.4 Å². The van der Waals surface area contributed by atoms with E-state index in [1.807, 2.05) is 42.5 Å². The third-order valence-electron chi connectivity index (χ3n) is 6.41. The number of rotatable bonds is 4. The van der Waals surface area contributed by atoms with Crippen LogP contribution in [0.25, 0.3) is 11.0 Å². The van der Waals surface area contributed by atoms with E-state index >= 15 is 0 Å². The van der Waals surface area contributed by atoms with Gasteiger partial charge in [0, 0.05) is 29.8 Å². The predicted octanol–water partition coefficient (Wildman–Crippen LogP) is 5.17. The second-order valence-electron chi connectivity index (χ2n) is 8.14. The normalized spacial score (nSPS) is 19.1. The lowest BCUT2D eigenvalue weighted by molar-refractivity contribution is -0.125. The molecule has 5 rings (SSSR count). The lowest BCUT2D eigenvalue weighted by Gasteiger charge is -2.36. The van der Waals surface area contributed by atoms with Crippen molar-refractivity contribution in [3.05, 3.63) is 58.9 Å². The first-order chi connectivity index (χ1) is 14.1. The van der Waals surface area contributed by atoms with Crippen molar-refractivity contribution < 1.29 is 9.53 Å². The van der Waals surface area contributed by atoms with Crippen LogP contribution in [0.15, 0.2) is 42.5 Å². The molecule has 1 amide bonds. The molecule has 1 aromatic heterocycles. The third kappa shape index (κ3) is 3.43. The van der Waals surface area contributed by atoms with Crippen molar-refractivity contribution in [2.24, 2.45) is 0 Å². The van der Waals surface area contributed by atoms with Gasteiger partial charge in [0.15, 0.2) is 0 Å². The molecule has 1 saturated heterocycles. The summed E-state index contributed by atoms with van der Waals surface area (Å²) in [7, 11) is 0. The van der Waals surface area contributed by atoms with E-state index < -0.39 is 5.41 Å². The van der Waals surface area contributed by atoms with Crippen molar-refractivity contribution in [3.8, 4) is 0 Å². The highest BCUT2D eigenvalue weighted by Crippen LogP contribution is 2.38. The zero-order valence-corrected chi connectivity index (χ0v) is 17.0. The molecule has 1 saturated carbocycles. The summed E-state index contributed by atoms with van der Waals surface area (Å²) >= 11 is 6.23. The fourth-order valence-electron chi connectivity index (χ4n) is 4.39. The summed E-state index contributed by atoms with van der Waals surface area (Å²) in [4.78, 5) is 21.6. The van der Waals surface area contributed by atoms with E-state index in [1.165, 1.54) is 19.3 Å². The Morgan fingerprint density at radius 3 is 2.72 bits per heavy atom. The highest BCUT2D eigenvalue weighted by atomic mass is 35.5. The maximum absolute atomic E-state index is 13.5. The predicted molar refractivity (Wildman–Crippen MR) is 114 cm³/mol. The van der Waals surface area contributed by atoms with E-state index in [9.17, 15) is 4.79 Å². The van der Waals surface area contributed by atoms with E-state index in [0.717, 1.165) is 28.1 Å². The zero-order chi connectivity index (χ0) is 19.8. The standard InChI is InChI=1S/C23H24ClN3O2/c24-17-6-2-5-16(13-17)23(9-11-29-12-10-23)22(28)25-18-7-8-19-20(14-18)27-21(26-19)15-3-1-4-15/h2,5-8,13-15H,1,3-4,9-12H2,(H,25,28)(H,26,27). The van der Waals surface area contributed by atoms with Gasteiger partial charge in [-0.3, -0.25) is 4.79 Å².